The highest BCUT2D eigenvalue weighted by molar-refractivity contribution is 5.94. The van der Waals surface area contributed by atoms with Gasteiger partial charge in [0.15, 0.2) is 0 Å². The van der Waals surface area contributed by atoms with Gasteiger partial charge in [-0.15, -0.1) is 0 Å². The molecule has 5 nitrogen and oxygen atoms in total. The van der Waals surface area contributed by atoms with Crippen LogP contribution in [0.1, 0.15) is 15.9 Å². The van der Waals surface area contributed by atoms with Gasteiger partial charge in [0, 0.05) is 23.7 Å². The van der Waals surface area contributed by atoms with Crippen LogP contribution < -0.4 is 19.5 Å². The Kier molecular flexibility index (Phi) is 5.25. The second-order valence-electron chi connectivity index (χ2n) is 4.59. The highest BCUT2D eigenvalue weighted by atomic mass is 16.5. The van der Waals surface area contributed by atoms with E-state index in [0.29, 0.717) is 29.4 Å². The third-order valence-electron chi connectivity index (χ3n) is 3.29. The summed E-state index contributed by atoms with van der Waals surface area (Å²) in [4.78, 5) is 12.1. The first kappa shape index (κ1) is 15.7. The van der Waals surface area contributed by atoms with Crippen LogP contribution in [0.2, 0.25) is 0 Å². The highest BCUT2D eigenvalue weighted by Gasteiger charge is 2.09. The first-order chi connectivity index (χ1) is 10.7. The van der Waals surface area contributed by atoms with E-state index in [2.05, 4.69) is 5.32 Å². The summed E-state index contributed by atoms with van der Waals surface area (Å²) in [5.74, 6) is 1.95. The molecule has 0 heterocycles. The Hall–Kier alpha value is -2.69. The summed E-state index contributed by atoms with van der Waals surface area (Å²) in [5, 5.41) is 2.86. The molecular formula is C17H19NO4. The molecule has 0 radical (unpaired) electrons. The SMILES string of the molecule is COc1ccc(C(=O)NCc2ccc(OC)cc2OC)cc1. The summed E-state index contributed by atoms with van der Waals surface area (Å²) in [6.07, 6.45) is 0. The van der Waals surface area contributed by atoms with E-state index in [4.69, 9.17) is 14.2 Å². The fourth-order valence-electron chi connectivity index (χ4n) is 2.02. The summed E-state index contributed by atoms with van der Waals surface area (Å²) in [5.41, 5.74) is 1.46. The van der Waals surface area contributed by atoms with Crippen molar-refractivity contribution in [1.29, 1.82) is 0 Å². The molecule has 1 N–H and O–H groups in total. The average molecular weight is 301 g/mol. The lowest BCUT2D eigenvalue weighted by Gasteiger charge is -2.11. The molecule has 0 spiro atoms. The Balaban J connectivity index is 2.04. The molecule has 0 fully saturated rings. The Morgan fingerprint density at radius 2 is 1.55 bits per heavy atom. The van der Waals surface area contributed by atoms with Gasteiger partial charge in [-0.3, -0.25) is 4.79 Å². The summed E-state index contributed by atoms with van der Waals surface area (Å²) in [6, 6.07) is 12.4. The van der Waals surface area contributed by atoms with Gasteiger partial charge in [0.1, 0.15) is 17.2 Å². The molecule has 0 aliphatic rings. The van der Waals surface area contributed by atoms with Gasteiger partial charge in [-0.05, 0) is 36.4 Å². The molecule has 1 amide bonds. The maximum atomic E-state index is 12.1. The Labute approximate surface area is 129 Å². The lowest BCUT2D eigenvalue weighted by atomic mass is 10.1. The van der Waals surface area contributed by atoms with E-state index >= 15 is 0 Å². The predicted molar refractivity (Wildman–Crippen MR) is 83.7 cm³/mol. The third-order valence-corrected chi connectivity index (χ3v) is 3.29. The molecule has 0 aliphatic heterocycles. The molecule has 0 aromatic heterocycles. The minimum atomic E-state index is -0.152. The van der Waals surface area contributed by atoms with Crippen molar-refractivity contribution in [2.24, 2.45) is 0 Å². The summed E-state index contributed by atoms with van der Waals surface area (Å²) >= 11 is 0. The zero-order valence-corrected chi connectivity index (χ0v) is 12.9. The van der Waals surface area contributed by atoms with E-state index in [9.17, 15) is 4.79 Å². The lowest BCUT2D eigenvalue weighted by Crippen LogP contribution is -2.23. The van der Waals surface area contributed by atoms with E-state index in [1.54, 1.807) is 51.7 Å². The van der Waals surface area contributed by atoms with Crippen LogP contribution in [0.25, 0.3) is 0 Å². The largest absolute Gasteiger partial charge is 0.497 e. The van der Waals surface area contributed by atoms with Crippen LogP contribution in [0, 0.1) is 0 Å². The molecule has 2 aromatic carbocycles. The summed E-state index contributed by atoms with van der Waals surface area (Å²) < 4.78 is 15.5. The van der Waals surface area contributed by atoms with Crippen LogP contribution in [0.15, 0.2) is 42.5 Å². The van der Waals surface area contributed by atoms with Crippen molar-refractivity contribution in [3.8, 4) is 17.2 Å². The van der Waals surface area contributed by atoms with E-state index in [1.165, 1.54) is 0 Å². The number of benzene rings is 2. The molecule has 0 unspecified atom stereocenters. The minimum Gasteiger partial charge on any atom is -0.497 e. The fourth-order valence-corrected chi connectivity index (χ4v) is 2.02. The molecule has 0 saturated carbocycles. The second-order valence-corrected chi connectivity index (χ2v) is 4.59. The van der Waals surface area contributed by atoms with Gasteiger partial charge in [-0.25, -0.2) is 0 Å². The van der Waals surface area contributed by atoms with Crippen LogP contribution in [0.3, 0.4) is 0 Å². The van der Waals surface area contributed by atoms with E-state index in [0.717, 1.165) is 5.56 Å². The van der Waals surface area contributed by atoms with Gasteiger partial charge in [-0.1, -0.05) is 0 Å². The monoisotopic (exact) mass is 301 g/mol. The minimum absolute atomic E-state index is 0.152. The average Bonchev–Trinajstić information content (AvgIpc) is 2.59. The highest BCUT2D eigenvalue weighted by Crippen LogP contribution is 2.24. The maximum absolute atomic E-state index is 12.1. The maximum Gasteiger partial charge on any atom is 0.251 e. The molecule has 0 saturated heterocycles. The zero-order valence-electron chi connectivity index (χ0n) is 12.9. The number of hydrogen-bond acceptors (Lipinski definition) is 4. The second kappa shape index (κ2) is 7.36. The van der Waals surface area contributed by atoms with E-state index < -0.39 is 0 Å². The standard InChI is InChI=1S/C17H19NO4/c1-20-14-7-4-12(5-8-14)17(19)18-11-13-6-9-15(21-2)10-16(13)22-3/h4-10H,11H2,1-3H3,(H,18,19). The van der Waals surface area contributed by atoms with Crippen molar-refractivity contribution in [3.63, 3.8) is 0 Å². The van der Waals surface area contributed by atoms with Crippen molar-refractivity contribution >= 4 is 5.91 Å². The summed E-state index contributed by atoms with van der Waals surface area (Å²) in [7, 11) is 4.77. The number of nitrogens with one attached hydrogen (secondary N) is 1. The van der Waals surface area contributed by atoms with Crippen LogP contribution in [0.5, 0.6) is 17.2 Å². The van der Waals surface area contributed by atoms with Gasteiger partial charge in [-0.2, -0.15) is 0 Å². The van der Waals surface area contributed by atoms with Crippen LogP contribution >= 0.6 is 0 Å². The Bertz CT molecular complexity index is 638. The fraction of sp³-hybridized carbons (Fsp3) is 0.235. The molecular weight excluding hydrogens is 282 g/mol. The number of ether oxygens (including phenoxy) is 3. The van der Waals surface area contributed by atoms with E-state index in [1.807, 2.05) is 12.1 Å². The third kappa shape index (κ3) is 3.69. The van der Waals surface area contributed by atoms with E-state index in [-0.39, 0.29) is 5.91 Å². The van der Waals surface area contributed by atoms with Crippen LogP contribution in [-0.4, -0.2) is 27.2 Å². The first-order valence-corrected chi connectivity index (χ1v) is 6.81. The smallest absolute Gasteiger partial charge is 0.251 e. The van der Waals surface area contributed by atoms with Crippen molar-refractivity contribution in [3.05, 3.63) is 53.6 Å². The molecule has 2 rings (SSSR count). The molecule has 0 aliphatic carbocycles. The Morgan fingerprint density at radius 1 is 0.909 bits per heavy atom. The molecule has 5 heteroatoms. The number of methoxy groups -OCH3 is 3. The van der Waals surface area contributed by atoms with Gasteiger partial charge in [0.2, 0.25) is 0 Å². The molecule has 22 heavy (non-hydrogen) atoms. The van der Waals surface area contributed by atoms with Gasteiger partial charge < -0.3 is 19.5 Å². The Morgan fingerprint density at radius 3 is 2.14 bits per heavy atom. The number of hydrogen-bond donors (Lipinski definition) is 1. The van der Waals surface area contributed by atoms with Crippen molar-refractivity contribution in [2.75, 3.05) is 21.3 Å². The van der Waals surface area contributed by atoms with Gasteiger partial charge >= 0.3 is 0 Å². The predicted octanol–water partition coefficient (Wildman–Crippen LogP) is 2.64. The van der Waals surface area contributed by atoms with Crippen molar-refractivity contribution in [2.45, 2.75) is 6.54 Å². The molecule has 0 bridgehead atoms. The number of carbonyl (C=O) groups is 1. The number of rotatable bonds is 6. The summed E-state index contributed by atoms with van der Waals surface area (Å²) in [6.45, 7) is 0.373. The van der Waals surface area contributed by atoms with Gasteiger partial charge in [0.25, 0.3) is 5.91 Å². The number of carbonyl (C=O) groups excluding carboxylic acids is 1. The quantitative estimate of drug-likeness (QED) is 0.891. The first-order valence-electron chi connectivity index (χ1n) is 6.81. The van der Waals surface area contributed by atoms with Crippen LogP contribution in [-0.2, 0) is 6.54 Å². The van der Waals surface area contributed by atoms with Crippen LogP contribution in [0.4, 0.5) is 0 Å². The lowest BCUT2D eigenvalue weighted by molar-refractivity contribution is 0.0950. The normalized spacial score (nSPS) is 9.95. The topological polar surface area (TPSA) is 56.8 Å². The van der Waals surface area contributed by atoms with Gasteiger partial charge in [0.05, 0.1) is 21.3 Å². The molecule has 0 atom stereocenters. The van der Waals surface area contributed by atoms with Crippen molar-refractivity contribution in [1.82, 2.24) is 5.32 Å². The molecule has 2 aromatic rings. The van der Waals surface area contributed by atoms with Crippen molar-refractivity contribution < 1.29 is 19.0 Å². The molecule has 116 valence electrons. The zero-order chi connectivity index (χ0) is 15.9. The number of amides is 1.